The van der Waals surface area contributed by atoms with Crippen LogP contribution in [0.4, 0.5) is 4.39 Å². The SMILES string of the molecule is CS(=O)(=O)N1CCC(NC(=O)C2(c3ccc(F)cc3)CCCC2)CC1. The summed E-state index contributed by atoms with van der Waals surface area (Å²) in [4.78, 5) is 13.1. The summed E-state index contributed by atoms with van der Waals surface area (Å²) in [5, 5.41) is 3.13. The van der Waals surface area contributed by atoms with Crippen LogP contribution in [0.2, 0.25) is 0 Å². The molecule has 0 unspecified atom stereocenters. The average molecular weight is 368 g/mol. The molecule has 0 atom stereocenters. The lowest BCUT2D eigenvalue weighted by molar-refractivity contribution is -0.127. The minimum Gasteiger partial charge on any atom is -0.352 e. The highest BCUT2D eigenvalue weighted by molar-refractivity contribution is 7.88. The van der Waals surface area contributed by atoms with Crippen LogP contribution in [-0.2, 0) is 20.2 Å². The zero-order chi connectivity index (χ0) is 18.1. The number of carbonyl (C=O) groups is 1. The Hall–Kier alpha value is -1.47. The molecule has 5 nitrogen and oxygen atoms in total. The molecule has 1 saturated carbocycles. The topological polar surface area (TPSA) is 66.5 Å². The summed E-state index contributed by atoms with van der Waals surface area (Å²) in [6.07, 6.45) is 5.97. The Bertz CT molecular complexity index is 719. The largest absolute Gasteiger partial charge is 0.352 e. The van der Waals surface area contributed by atoms with Crippen molar-refractivity contribution in [3.63, 3.8) is 0 Å². The second kappa shape index (κ2) is 7.03. The first-order chi connectivity index (χ1) is 11.8. The van der Waals surface area contributed by atoms with E-state index in [0.717, 1.165) is 31.2 Å². The van der Waals surface area contributed by atoms with Crippen molar-refractivity contribution in [3.05, 3.63) is 35.6 Å². The molecule has 0 bridgehead atoms. The van der Waals surface area contributed by atoms with E-state index in [2.05, 4.69) is 5.32 Å². The van der Waals surface area contributed by atoms with Crippen molar-refractivity contribution < 1.29 is 17.6 Å². The van der Waals surface area contributed by atoms with E-state index in [1.165, 1.54) is 22.7 Å². The number of hydrogen-bond donors (Lipinski definition) is 1. The van der Waals surface area contributed by atoms with Crippen LogP contribution in [0.5, 0.6) is 0 Å². The highest BCUT2D eigenvalue weighted by Crippen LogP contribution is 2.41. The fourth-order valence-electron chi connectivity index (χ4n) is 4.05. The number of carbonyl (C=O) groups excluding carboxylic acids is 1. The summed E-state index contributed by atoms with van der Waals surface area (Å²) in [7, 11) is -3.17. The third-order valence-electron chi connectivity index (χ3n) is 5.55. The number of nitrogens with zero attached hydrogens (tertiary/aromatic N) is 1. The van der Waals surface area contributed by atoms with E-state index in [-0.39, 0.29) is 17.8 Å². The summed E-state index contributed by atoms with van der Waals surface area (Å²) in [6.45, 7) is 0.876. The zero-order valence-electron chi connectivity index (χ0n) is 14.5. The van der Waals surface area contributed by atoms with Gasteiger partial charge < -0.3 is 5.32 Å². The predicted octanol–water partition coefficient (Wildman–Crippen LogP) is 2.18. The van der Waals surface area contributed by atoms with Gasteiger partial charge in [0.1, 0.15) is 5.82 Å². The van der Waals surface area contributed by atoms with Gasteiger partial charge in [0.25, 0.3) is 0 Å². The van der Waals surface area contributed by atoms with Gasteiger partial charge in [0.15, 0.2) is 0 Å². The van der Waals surface area contributed by atoms with Crippen LogP contribution in [0.1, 0.15) is 44.1 Å². The Morgan fingerprint density at radius 2 is 1.72 bits per heavy atom. The molecule has 1 N–H and O–H groups in total. The Balaban J connectivity index is 1.69. The molecule has 1 aromatic carbocycles. The van der Waals surface area contributed by atoms with Crippen molar-refractivity contribution in [1.82, 2.24) is 9.62 Å². The molecule has 0 aromatic heterocycles. The minimum absolute atomic E-state index is 0.00517. The van der Waals surface area contributed by atoms with E-state index in [0.29, 0.717) is 25.9 Å². The maximum atomic E-state index is 13.3. The van der Waals surface area contributed by atoms with E-state index < -0.39 is 15.4 Å². The Kier molecular flexibility index (Phi) is 5.16. The standard InChI is InChI=1S/C18H25FN2O3S/c1-25(23,24)21-12-8-16(9-13-21)20-17(22)18(10-2-3-11-18)14-4-6-15(19)7-5-14/h4-7,16H,2-3,8-13H2,1H3,(H,20,22). The maximum Gasteiger partial charge on any atom is 0.230 e. The Morgan fingerprint density at radius 3 is 2.24 bits per heavy atom. The van der Waals surface area contributed by atoms with Crippen molar-refractivity contribution in [2.45, 2.75) is 50.0 Å². The highest BCUT2D eigenvalue weighted by Gasteiger charge is 2.43. The summed E-state index contributed by atoms with van der Waals surface area (Å²) in [6, 6.07) is 6.24. The average Bonchev–Trinajstić information content (AvgIpc) is 3.06. The number of nitrogens with one attached hydrogen (secondary N) is 1. The fourth-order valence-corrected chi connectivity index (χ4v) is 4.92. The van der Waals surface area contributed by atoms with Crippen LogP contribution < -0.4 is 5.32 Å². The van der Waals surface area contributed by atoms with Crippen LogP contribution in [-0.4, -0.2) is 44.0 Å². The van der Waals surface area contributed by atoms with E-state index in [4.69, 9.17) is 0 Å². The van der Waals surface area contributed by atoms with Crippen LogP contribution >= 0.6 is 0 Å². The monoisotopic (exact) mass is 368 g/mol. The molecule has 1 aliphatic carbocycles. The van der Waals surface area contributed by atoms with Crippen LogP contribution in [0, 0.1) is 5.82 Å². The minimum atomic E-state index is -3.17. The van der Waals surface area contributed by atoms with Gasteiger partial charge in [-0.1, -0.05) is 25.0 Å². The molecule has 138 valence electrons. The lowest BCUT2D eigenvalue weighted by Crippen LogP contribution is -2.51. The molecule has 1 amide bonds. The molecule has 0 spiro atoms. The smallest absolute Gasteiger partial charge is 0.230 e. The fraction of sp³-hybridized carbons (Fsp3) is 0.611. The molecule has 2 fully saturated rings. The number of benzene rings is 1. The summed E-state index contributed by atoms with van der Waals surface area (Å²) in [5.74, 6) is -0.306. The molecule has 0 radical (unpaired) electrons. The van der Waals surface area contributed by atoms with Gasteiger partial charge in [0, 0.05) is 19.1 Å². The quantitative estimate of drug-likeness (QED) is 0.886. The summed E-state index contributed by atoms with van der Waals surface area (Å²) >= 11 is 0. The second-order valence-corrected chi connectivity index (χ2v) is 9.19. The Morgan fingerprint density at radius 1 is 1.16 bits per heavy atom. The lowest BCUT2D eigenvalue weighted by atomic mass is 9.77. The van der Waals surface area contributed by atoms with Crippen LogP contribution in [0.25, 0.3) is 0 Å². The van der Waals surface area contributed by atoms with Crippen molar-refractivity contribution in [2.75, 3.05) is 19.3 Å². The molecule has 7 heteroatoms. The van der Waals surface area contributed by atoms with E-state index in [1.807, 2.05) is 0 Å². The van der Waals surface area contributed by atoms with Crippen LogP contribution in [0.15, 0.2) is 24.3 Å². The number of halogens is 1. The first-order valence-electron chi connectivity index (χ1n) is 8.83. The molecule has 1 aliphatic heterocycles. The number of rotatable bonds is 4. The predicted molar refractivity (Wildman–Crippen MR) is 94.1 cm³/mol. The van der Waals surface area contributed by atoms with Crippen molar-refractivity contribution in [1.29, 1.82) is 0 Å². The molecular weight excluding hydrogens is 343 g/mol. The normalized spacial score (nSPS) is 22.0. The Labute approximate surface area is 148 Å². The van der Waals surface area contributed by atoms with Gasteiger partial charge in [-0.2, -0.15) is 0 Å². The molecule has 3 rings (SSSR count). The lowest BCUT2D eigenvalue weighted by Gasteiger charge is -2.34. The van der Waals surface area contributed by atoms with Gasteiger partial charge in [-0.3, -0.25) is 4.79 Å². The van der Waals surface area contributed by atoms with Gasteiger partial charge in [0.2, 0.25) is 15.9 Å². The maximum absolute atomic E-state index is 13.3. The molecule has 1 saturated heterocycles. The number of hydrogen-bond acceptors (Lipinski definition) is 3. The number of sulfonamides is 1. The first kappa shape index (κ1) is 18.3. The third-order valence-corrected chi connectivity index (χ3v) is 6.85. The second-order valence-electron chi connectivity index (χ2n) is 7.21. The van der Waals surface area contributed by atoms with Gasteiger partial charge >= 0.3 is 0 Å². The van der Waals surface area contributed by atoms with Crippen molar-refractivity contribution >= 4 is 15.9 Å². The molecule has 25 heavy (non-hydrogen) atoms. The zero-order valence-corrected chi connectivity index (χ0v) is 15.3. The van der Waals surface area contributed by atoms with E-state index in [1.54, 1.807) is 12.1 Å². The third kappa shape index (κ3) is 3.87. The van der Waals surface area contributed by atoms with Crippen molar-refractivity contribution in [2.24, 2.45) is 0 Å². The summed E-state index contributed by atoms with van der Waals surface area (Å²) < 4.78 is 37.9. The van der Waals surface area contributed by atoms with Gasteiger partial charge in [-0.05, 0) is 43.4 Å². The molecular formula is C18H25FN2O3S. The molecule has 1 aromatic rings. The van der Waals surface area contributed by atoms with Gasteiger partial charge in [0.05, 0.1) is 11.7 Å². The summed E-state index contributed by atoms with van der Waals surface area (Å²) in [5.41, 5.74) is 0.291. The van der Waals surface area contributed by atoms with Crippen molar-refractivity contribution in [3.8, 4) is 0 Å². The van der Waals surface area contributed by atoms with E-state index >= 15 is 0 Å². The van der Waals surface area contributed by atoms with Crippen LogP contribution in [0.3, 0.4) is 0 Å². The van der Waals surface area contributed by atoms with Gasteiger partial charge in [-0.15, -0.1) is 0 Å². The van der Waals surface area contributed by atoms with Gasteiger partial charge in [-0.25, -0.2) is 17.1 Å². The highest BCUT2D eigenvalue weighted by atomic mass is 32.2. The van der Waals surface area contributed by atoms with E-state index in [9.17, 15) is 17.6 Å². The number of amides is 1. The molecule has 2 aliphatic rings. The molecule has 1 heterocycles. The number of piperidine rings is 1. The first-order valence-corrected chi connectivity index (χ1v) is 10.7.